The first-order chi connectivity index (χ1) is 8.53. The van der Waals surface area contributed by atoms with Crippen LogP contribution >= 0.6 is 11.3 Å². The van der Waals surface area contributed by atoms with Crippen LogP contribution in [0.25, 0.3) is 0 Å². The fourth-order valence-electron chi connectivity index (χ4n) is 1.57. The van der Waals surface area contributed by atoms with Crippen LogP contribution in [0.2, 0.25) is 0 Å². The summed E-state index contributed by atoms with van der Waals surface area (Å²) in [5.41, 5.74) is 0.936. The van der Waals surface area contributed by atoms with Crippen LogP contribution in [0.1, 0.15) is 17.5 Å². The van der Waals surface area contributed by atoms with Crippen LogP contribution in [-0.4, -0.2) is 13.4 Å². The maximum atomic E-state index is 12.1. The molecule has 1 aromatic heterocycles. The average Bonchev–Trinajstić information content (AvgIpc) is 2.70. The summed E-state index contributed by atoms with van der Waals surface area (Å²) in [5.74, 6) is 0. The molecule has 0 aliphatic heterocycles. The number of hydrogen-bond donors (Lipinski definition) is 1. The molecule has 0 atom stereocenters. The van der Waals surface area contributed by atoms with E-state index in [0.717, 1.165) is 17.0 Å². The molecule has 1 heterocycles. The minimum atomic E-state index is -3.53. The molecule has 2 aromatic rings. The Kier molecular flexibility index (Phi) is 3.68. The summed E-state index contributed by atoms with van der Waals surface area (Å²) in [4.78, 5) is 5.56. The van der Waals surface area contributed by atoms with Crippen molar-refractivity contribution in [3.63, 3.8) is 0 Å². The Hall–Kier alpha value is -1.40. The van der Waals surface area contributed by atoms with Gasteiger partial charge in [0, 0.05) is 4.88 Å². The van der Waals surface area contributed by atoms with Crippen molar-refractivity contribution in [1.82, 2.24) is 4.98 Å². The maximum Gasteiger partial charge on any atom is 0.263 e. The van der Waals surface area contributed by atoms with E-state index in [9.17, 15) is 8.42 Å². The van der Waals surface area contributed by atoms with Crippen molar-refractivity contribution in [2.45, 2.75) is 25.2 Å². The Morgan fingerprint density at radius 2 is 1.94 bits per heavy atom. The van der Waals surface area contributed by atoms with E-state index in [1.807, 2.05) is 13.8 Å². The second-order valence-electron chi connectivity index (χ2n) is 3.79. The molecule has 1 aromatic carbocycles. The van der Waals surface area contributed by atoms with Gasteiger partial charge in [0.1, 0.15) is 0 Å². The van der Waals surface area contributed by atoms with Gasteiger partial charge in [0.15, 0.2) is 5.13 Å². The number of nitrogens with one attached hydrogen (secondary N) is 1. The maximum absolute atomic E-state index is 12.1. The van der Waals surface area contributed by atoms with E-state index < -0.39 is 10.0 Å². The molecule has 0 fully saturated rings. The van der Waals surface area contributed by atoms with Crippen molar-refractivity contribution >= 4 is 26.5 Å². The van der Waals surface area contributed by atoms with E-state index in [1.165, 1.54) is 11.3 Å². The predicted molar refractivity (Wildman–Crippen MR) is 73.5 cm³/mol. The number of aryl methyl sites for hydroxylation is 2. The van der Waals surface area contributed by atoms with Crippen molar-refractivity contribution in [3.05, 3.63) is 40.9 Å². The van der Waals surface area contributed by atoms with Crippen molar-refractivity contribution in [1.29, 1.82) is 0 Å². The average molecular weight is 282 g/mol. The molecule has 1 N–H and O–H groups in total. The second-order valence-corrected chi connectivity index (χ2v) is 6.68. The molecule has 18 heavy (non-hydrogen) atoms. The lowest BCUT2D eigenvalue weighted by atomic mass is 10.3. The topological polar surface area (TPSA) is 59.1 Å². The molecular formula is C12H14N2O2S2. The summed E-state index contributed by atoms with van der Waals surface area (Å²) in [7, 11) is -3.53. The van der Waals surface area contributed by atoms with Gasteiger partial charge in [-0.2, -0.15) is 0 Å². The summed E-state index contributed by atoms with van der Waals surface area (Å²) < 4.78 is 26.6. The number of hydrogen-bond acceptors (Lipinski definition) is 4. The minimum Gasteiger partial charge on any atom is -0.255 e. The van der Waals surface area contributed by atoms with Crippen molar-refractivity contribution in [2.75, 3.05) is 4.72 Å². The summed E-state index contributed by atoms with van der Waals surface area (Å²) in [6.07, 6.45) is 0.801. The van der Waals surface area contributed by atoms with Gasteiger partial charge in [0.05, 0.1) is 10.6 Å². The minimum absolute atomic E-state index is 0.246. The normalized spacial score (nSPS) is 11.4. The van der Waals surface area contributed by atoms with Crippen LogP contribution in [0.4, 0.5) is 5.13 Å². The van der Waals surface area contributed by atoms with Crippen molar-refractivity contribution in [2.24, 2.45) is 0 Å². The zero-order valence-electron chi connectivity index (χ0n) is 10.2. The smallest absolute Gasteiger partial charge is 0.255 e. The zero-order chi connectivity index (χ0) is 13.2. The van der Waals surface area contributed by atoms with E-state index in [-0.39, 0.29) is 4.90 Å². The van der Waals surface area contributed by atoms with Gasteiger partial charge in [-0.05, 0) is 25.5 Å². The van der Waals surface area contributed by atoms with Crippen LogP contribution in [-0.2, 0) is 16.4 Å². The molecule has 0 saturated carbocycles. The Morgan fingerprint density at radius 1 is 1.28 bits per heavy atom. The SMILES string of the molecule is CCc1nc(NS(=O)(=O)c2ccccc2)sc1C. The molecule has 96 valence electrons. The molecule has 4 nitrogen and oxygen atoms in total. The van der Waals surface area contributed by atoms with Crippen LogP contribution in [0.3, 0.4) is 0 Å². The molecule has 0 amide bonds. The molecule has 6 heteroatoms. The number of nitrogens with zero attached hydrogens (tertiary/aromatic N) is 1. The third-order valence-corrected chi connectivity index (χ3v) is 4.92. The Bertz CT molecular complexity index is 633. The molecule has 0 spiro atoms. The summed E-state index contributed by atoms with van der Waals surface area (Å²) in [5, 5.41) is 0.424. The molecule has 0 saturated heterocycles. The van der Waals surface area contributed by atoms with E-state index in [0.29, 0.717) is 5.13 Å². The van der Waals surface area contributed by atoms with E-state index >= 15 is 0 Å². The Labute approximate surface area is 111 Å². The quantitative estimate of drug-likeness (QED) is 0.938. The van der Waals surface area contributed by atoms with Gasteiger partial charge in [-0.1, -0.05) is 25.1 Å². The first-order valence-electron chi connectivity index (χ1n) is 5.57. The second kappa shape index (κ2) is 5.07. The highest BCUT2D eigenvalue weighted by molar-refractivity contribution is 7.93. The number of anilines is 1. The van der Waals surface area contributed by atoms with E-state index in [2.05, 4.69) is 9.71 Å². The lowest BCUT2D eigenvalue weighted by Gasteiger charge is -2.04. The fourth-order valence-corrected chi connectivity index (χ4v) is 3.73. The number of aromatic nitrogens is 1. The number of sulfonamides is 1. The standard InChI is InChI=1S/C12H14N2O2S2/c1-3-11-9(2)17-12(13-11)14-18(15,16)10-7-5-4-6-8-10/h4-8H,3H2,1-2H3,(H,13,14). The zero-order valence-corrected chi connectivity index (χ0v) is 11.8. The summed E-state index contributed by atoms with van der Waals surface area (Å²) in [6.45, 7) is 3.94. The van der Waals surface area contributed by atoms with Gasteiger partial charge in [0.2, 0.25) is 0 Å². The monoisotopic (exact) mass is 282 g/mol. The summed E-state index contributed by atoms with van der Waals surface area (Å²) in [6, 6.07) is 8.28. The first kappa shape index (κ1) is 13.0. The highest BCUT2D eigenvalue weighted by Crippen LogP contribution is 2.24. The Morgan fingerprint density at radius 3 is 2.50 bits per heavy atom. The lowest BCUT2D eigenvalue weighted by Crippen LogP contribution is -2.12. The largest absolute Gasteiger partial charge is 0.263 e. The third kappa shape index (κ3) is 2.70. The van der Waals surface area contributed by atoms with Crippen LogP contribution < -0.4 is 4.72 Å². The molecule has 0 unspecified atom stereocenters. The molecule has 0 aliphatic rings. The van der Waals surface area contributed by atoms with E-state index in [4.69, 9.17) is 0 Å². The molecule has 2 rings (SSSR count). The van der Waals surface area contributed by atoms with Gasteiger partial charge in [-0.25, -0.2) is 13.4 Å². The predicted octanol–water partition coefficient (Wildman–Crippen LogP) is 2.81. The third-order valence-electron chi connectivity index (χ3n) is 2.50. The van der Waals surface area contributed by atoms with Crippen molar-refractivity contribution in [3.8, 4) is 0 Å². The first-order valence-corrected chi connectivity index (χ1v) is 7.87. The van der Waals surface area contributed by atoms with E-state index in [1.54, 1.807) is 30.3 Å². The number of benzene rings is 1. The molecule has 0 aliphatic carbocycles. The van der Waals surface area contributed by atoms with Gasteiger partial charge in [-0.15, -0.1) is 11.3 Å². The molecule has 0 bridgehead atoms. The molecular weight excluding hydrogens is 268 g/mol. The number of thiazole rings is 1. The number of rotatable bonds is 4. The van der Waals surface area contributed by atoms with Crippen LogP contribution in [0.5, 0.6) is 0 Å². The Balaban J connectivity index is 2.28. The van der Waals surface area contributed by atoms with Crippen LogP contribution in [0.15, 0.2) is 35.2 Å². The lowest BCUT2D eigenvalue weighted by molar-refractivity contribution is 0.601. The fraction of sp³-hybridized carbons (Fsp3) is 0.250. The van der Waals surface area contributed by atoms with Crippen LogP contribution in [0, 0.1) is 6.92 Å². The summed E-state index contributed by atoms with van der Waals surface area (Å²) >= 11 is 1.36. The highest BCUT2D eigenvalue weighted by atomic mass is 32.2. The molecule has 0 radical (unpaired) electrons. The van der Waals surface area contributed by atoms with Gasteiger partial charge in [0.25, 0.3) is 10.0 Å². The van der Waals surface area contributed by atoms with Gasteiger partial charge >= 0.3 is 0 Å². The van der Waals surface area contributed by atoms with Gasteiger partial charge < -0.3 is 0 Å². The van der Waals surface area contributed by atoms with Gasteiger partial charge in [-0.3, -0.25) is 4.72 Å². The highest BCUT2D eigenvalue weighted by Gasteiger charge is 2.16. The van der Waals surface area contributed by atoms with Crippen molar-refractivity contribution < 1.29 is 8.42 Å².